The van der Waals surface area contributed by atoms with Crippen molar-refractivity contribution in [1.82, 2.24) is 9.80 Å². The van der Waals surface area contributed by atoms with E-state index in [0.717, 1.165) is 82.6 Å². The van der Waals surface area contributed by atoms with Crippen LogP contribution >= 0.6 is 0 Å². The predicted molar refractivity (Wildman–Crippen MR) is 228 cm³/mol. The van der Waals surface area contributed by atoms with Gasteiger partial charge in [0, 0.05) is 50.4 Å². The lowest BCUT2D eigenvalue weighted by Crippen LogP contribution is -2.35. The second-order valence-electron chi connectivity index (χ2n) is 14.4. The molecule has 0 aromatic heterocycles. The van der Waals surface area contributed by atoms with E-state index in [4.69, 9.17) is 28.4 Å². The minimum atomic E-state index is 0.452. The molecule has 0 spiro atoms. The summed E-state index contributed by atoms with van der Waals surface area (Å²) in [5, 5.41) is 0. The van der Waals surface area contributed by atoms with Gasteiger partial charge in [-0.1, -0.05) is 146 Å². The van der Waals surface area contributed by atoms with Gasteiger partial charge in [0.2, 0.25) is 0 Å². The number of nitrogens with zero attached hydrogens (tertiary/aromatic N) is 2. The second kappa shape index (κ2) is 22.3. The largest absolute Gasteiger partial charge is 0.485 e. The van der Waals surface area contributed by atoms with Gasteiger partial charge in [-0.15, -0.1) is 0 Å². The minimum Gasteiger partial charge on any atom is -0.485 e. The molecule has 1 saturated heterocycles. The highest BCUT2D eigenvalue weighted by atomic mass is 16.5. The van der Waals surface area contributed by atoms with Gasteiger partial charge in [0.05, 0.1) is 26.4 Å². The topological polar surface area (TPSA) is 61.9 Å². The van der Waals surface area contributed by atoms with Crippen LogP contribution in [0, 0.1) is 0 Å². The number of ether oxygens (including phenoxy) is 6. The van der Waals surface area contributed by atoms with Crippen molar-refractivity contribution >= 4 is 0 Å². The normalized spacial score (nSPS) is 14.5. The van der Waals surface area contributed by atoms with Gasteiger partial charge in [-0.2, -0.15) is 0 Å². The summed E-state index contributed by atoms with van der Waals surface area (Å²) in [6.45, 7) is 8.64. The zero-order valence-corrected chi connectivity index (χ0v) is 33.3. The van der Waals surface area contributed by atoms with Crippen LogP contribution in [0.25, 0.3) is 0 Å². The molecular weight excluding hydrogens is 725 g/mol. The van der Waals surface area contributed by atoms with Crippen LogP contribution in [-0.4, -0.2) is 62.4 Å². The van der Waals surface area contributed by atoms with Crippen LogP contribution in [0.5, 0.6) is 23.0 Å². The quantitative estimate of drug-likeness (QED) is 0.0964. The molecule has 58 heavy (non-hydrogen) atoms. The first kappa shape index (κ1) is 40.6. The molecule has 8 nitrogen and oxygen atoms in total. The Balaban J connectivity index is 0.984. The molecule has 0 amide bonds. The van der Waals surface area contributed by atoms with Crippen molar-refractivity contribution in [2.75, 3.05) is 52.6 Å². The Labute approximate surface area is 343 Å². The highest BCUT2D eigenvalue weighted by molar-refractivity contribution is 5.48. The van der Waals surface area contributed by atoms with E-state index < -0.39 is 0 Å². The summed E-state index contributed by atoms with van der Waals surface area (Å²) in [6, 6.07) is 53.3. The number of rotatable bonds is 16. The standard InChI is InChI=1S/C50H54N2O6/c1-5-15-41(16-6-1)37-55-47-25-13-23-45(49(47)57-39-43-19-9-3-10-20-43)35-51-27-31-53-33-29-52(30-34-54-32-28-51)36-46-24-14-26-48(56-38-42-17-7-2-8-18-42)50(46)58-40-44-21-11-4-12-22-44/h1-26H,27-40H2. The van der Waals surface area contributed by atoms with E-state index >= 15 is 0 Å². The summed E-state index contributed by atoms with van der Waals surface area (Å²) in [6.07, 6.45) is 0. The Kier molecular flexibility index (Phi) is 15.6. The maximum Gasteiger partial charge on any atom is 0.166 e. The first-order valence-corrected chi connectivity index (χ1v) is 20.3. The second-order valence-corrected chi connectivity index (χ2v) is 14.4. The number of hydrogen-bond acceptors (Lipinski definition) is 8. The maximum absolute atomic E-state index is 6.53. The van der Waals surface area contributed by atoms with Crippen molar-refractivity contribution in [3.63, 3.8) is 0 Å². The van der Waals surface area contributed by atoms with Gasteiger partial charge in [0.15, 0.2) is 23.0 Å². The smallest absolute Gasteiger partial charge is 0.166 e. The molecule has 6 aromatic carbocycles. The van der Waals surface area contributed by atoms with E-state index in [0.29, 0.717) is 65.9 Å². The molecule has 0 atom stereocenters. The first-order chi connectivity index (χ1) is 28.8. The third-order valence-corrected chi connectivity index (χ3v) is 10.0. The number of hydrogen-bond donors (Lipinski definition) is 0. The first-order valence-electron chi connectivity index (χ1n) is 20.3. The molecule has 0 radical (unpaired) electrons. The average molecular weight is 779 g/mol. The van der Waals surface area contributed by atoms with E-state index in [9.17, 15) is 0 Å². The number of para-hydroxylation sites is 2. The Bertz CT molecular complexity index is 1900. The van der Waals surface area contributed by atoms with E-state index in [2.05, 4.69) is 70.5 Å². The van der Waals surface area contributed by atoms with E-state index in [1.54, 1.807) is 0 Å². The van der Waals surface area contributed by atoms with Gasteiger partial charge >= 0.3 is 0 Å². The van der Waals surface area contributed by atoms with Crippen molar-refractivity contribution in [1.29, 1.82) is 0 Å². The maximum atomic E-state index is 6.53. The molecule has 0 bridgehead atoms. The van der Waals surface area contributed by atoms with E-state index in [1.165, 1.54) is 0 Å². The SMILES string of the molecule is c1ccc(COc2cccc(CN3CCOCCN(Cc4cccc(OCc5ccccc5)c4OCc4ccccc4)CCOCC3)c2OCc2ccccc2)cc1. The van der Waals surface area contributed by atoms with Crippen LogP contribution in [-0.2, 0) is 49.0 Å². The summed E-state index contributed by atoms with van der Waals surface area (Å²) in [5.41, 5.74) is 6.56. The van der Waals surface area contributed by atoms with Gasteiger partial charge in [0.25, 0.3) is 0 Å². The summed E-state index contributed by atoms with van der Waals surface area (Å²) in [5.74, 6) is 3.02. The lowest BCUT2D eigenvalue weighted by Gasteiger charge is -2.27. The molecule has 6 aromatic rings. The summed E-state index contributed by atoms with van der Waals surface area (Å²) >= 11 is 0. The summed E-state index contributed by atoms with van der Waals surface area (Å²) in [7, 11) is 0. The van der Waals surface area contributed by atoms with Crippen LogP contribution in [0.3, 0.4) is 0 Å². The molecule has 1 heterocycles. The molecule has 0 aliphatic carbocycles. The molecular formula is C50H54N2O6. The zero-order chi connectivity index (χ0) is 39.5. The van der Waals surface area contributed by atoms with Gasteiger partial charge in [0.1, 0.15) is 26.4 Å². The molecule has 0 saturated carbocycles. The third-order valence-electron chi connectivity index (χ3n) is 10.0. The summed E-state index contributed by atoms with van der Waals surface area (Å²) < 4.78 is 38.4. The fourth-order valence-electron chi connectivity index (χ4n) is 6.86. The van der Waals surface area contributed by atoms with Crippen molar-refractivity contribution in [2.24, 2.45) is 0 Å². The Morgan fingerprint density at radius 2 is 0.655 bits per heavy atom. The van der Waals surface area contributed by atoms with Crippen LogP contribution < -0.4 is 18.9 Å². The highest BCUT2D eigenvalue weighted by Gasteiger charge is 2.19. The van der Waals surface area contributed by atoms with E-state index in [1.807, 2.05) is 97.1 Å². The average Bonchev–Trinajstić information content (AvgIpc) is 3.27. The van der Waals surface area contributed by atoms with Crippen LogP contribution in [0.1, 0.15) is 33.4 Å². The van der Waals surface area contributed by atoms with Crippen molar-refractivity contribution in [3.05, 3.63) is 191 Å². The van der Waals surface area contributed by atoms with Crippen molar-refractivity contribution in [3.8, 4) is 23.0 Å². The van der Waals surface area contributed by atoms with Gasteiger partial charge in [-0.3, -0.25) is 9.80 Å². The lowest BCUT2D eigenvalue weighted by molar-refractivity contribution is 0.0337. The Hall–Kier alpha value is -5.64. The highest BCUT2D eigenvalue weighted by Crippen LogP contribution is 2.35. The predicted octanol–water partition coefficient (Wildman–Crippen LogP) is 9.35. The molecule has 300 valence electrons. The fraction of sp³-hybridized carbons (Fsp3) is 0.280. The van der Waals surface area contributed by atoms with Crippen LogP contribution in [0.15, 0.2) is 158 Å². The Morgan fingerprint density at radius 1 is 0.345 bits per heavy atom. The minimum absolute atomic E-state index is 0.452. The molecule has 1 fully saturated rings. The third kappa shape index (κ3) is 12.7. The number of benzene rings is 6. The van der Waals surface area contributed by atoms with Gasteiger partial charge in [-0.25, -0.2) is 0 Å². The molecule has 7 rings (SSSR count). The van der Waals surface area contributed by atoms with E-state index in [-0.39, 0.29) is 0 Å². The monoisotopic (exact) mass is 778 g/mol. The molecule has 0 unspecified atom stereocenters. The summed E-state index contributed by atoms with van der Waals surface area (Å²) in [4.78, 5) is 4.75. The van der Waals surface area contributed by atoms with Crippen molar-refractivity contribution < 1.29 is 28.4 Å². The zero-order valence-electron chi connectivity index (χ0n) is 33.3. The van der Waals surface area contributed by atoms with Crippen molar-refractivity contribution in [2.45, 2.75) is 39.5 Å². The van der Waals surface area contributed by atoms with Crippen LogP contribution in [0.2, 0.25) is 0 Å². The lowest BCUT2D eigenvalue weighted by atomic mass is 10.1. The van der Waals surface area contributed by atoms with Gasteiger partial charge in [-0.05, 0) is 34.4 Å². The Morgan fingerprint density at radius 3 is 0.983 bits per heavy atom. The molecule has 1 aliphatic heterocycles. The molecule has 0 N–H and O–H groups in total. The molecule has 8 heteroatoms. The fourth-order valence-corrected chi connectivity index (χ4v) is 6.86. The van der Waals surface area contributed by atoms with Crippen LogP contribution in [0.4, 0.5) is 0 Å². The molecule has 1 aliphatic rings. The van der Waals surface area contributed by atoms with Gasteiger partial charge < -0.3 is 28.4 Å².